The average Bonchev–Trinajstić information content (AvgIpc) is 2.48. The fourth-order valence-electron chi connectivity index (χ4n) is 2.63. The van der Waals surface area contributed by atoms with Gasteiger partial charge in [-0.3, -0.25) is 9.69 Å². The number of rotatable bonds is 6. The highest BCUT2D eigenvalue weighted by Crippen LogP contribution is 2.30. The molecular weight excluding hydrogens is 287 g/mol. The lowest BCUT2D eigenvalue weighted by molar-refractivity contribution is -0.131. The summed E-state index contributed by atoms with van der Waals surface area (Å²) >= 11 is 0. The number of hydrogen-bond donors (Lipinski definition) is 0. The normalized spacial score (nSPS) is 13.7. The Hall–Kier alpha value is -1.66. The molecule has 1 aromatic carbocycles. The number of halogens is 1. The zero-order chi connectivity index (χ0) is 16.1. The molecule has 0 bridgehead atoms. The minimum absolute atomic E-state index is 0.0713. The Kier molecular flexibility index (Phi) is 5.74. The number of carbonyl (C=O) groups is 1. The number of nitrogens with zero attached hydrogens (tertiary/aromatic N) is 2. The van der Waals surface area contributed by atoms with Crippen LogP contribution in [0.5, 0.6) is 5.75 Å². The zero-order valence-electron chi connectivity index (χ0n) is 13.4. The van der Waals surface area contributed by atoms with Crippen molar-refractivity contribution in [3.63, 3.8) is 0 Å². The maximum Gasteiger partial charge on any atom is 0.236 e. The van der Waals surface area contributed by atoms with Gasteiger partial charge in [-0.2, -0.15) is 0 Å². The second kappa shape index (κ2) is 7.56. The molecule has 0 aromatic heterocycles. The van der Waals surface area contributed by atoms with E-state index in [4.69, 9.17) is 9.47 Å². The molecule has 0 saturated heterocycles. The van der Waals surface area contributed by atoms with Gasteiger partial charge in [0.1, 0.15) is 11.6 Å². The Bertz CT molecular complexity index is 532. The first kappa shape index (κ1) is 16.7. The summed E-state index contributed by atoms with van der Waals surface area (Å²) in [6.45, 7) is 6.57. The maximum atomic E-state index is 13.7. The third-order valence-electron chi connectivity index (χ3n) is 3.71. The van der Waals surface area contributed by atoms with E-state index in [9.17, 15) is 9.18 Å². The summed E-state index contributed by atoms with van der Waals surface area (Å²) in [6, 6.07) is 2.89. The van der Waals surface area contributed by atoms with Crippen molar-refractivity contribution in [2.75, 3.05) is 33.5 Å². The van der Waals surface area contributed by atoms with Crippen molar-refractivity contribution in [2.45, 2.75) is 27.0 Å². The number of benzene rings is 1. The van der Waals surface area contributed by atoms with E-state index in [0.717, 1.165) is 5.56 Å². The van der Waals surface area contributed by atoms with Crippen LogP contribution >= 0.6 is 0 Å². The van der Waals surface area contributed by atoms with Crippen molar-refractivity contribution in [1.82, 2.24) is 9.80 Å². The first-order valence-corrected chi connectivity index (χ1v) is 7.53. The van der Waals surface area contributed by atoms with E-state index in [0.29, 0.717) is 44.1 Å². The summed E-state index contributed by atoms with van der Waals surface area (Å²) in [6.07, 6.45) is 0. The van der Waals surface area contributed by atoms with Crippen molar-refractivity contribution in [3.05, 3.63) is 29.1 Å². The van der Waals surface area contributed by atoms with Crippen LogP contribution in [0.25, 0.3) is 0 Å². The number of carbonyl (C=O) groups excluding carboxylic acids is 1. The second-order valence-corrected chi connectivity index (χ2v) is 5.40. The first-order chi connectivity index (χ1) is 10.5. The van der Waals surface area contributed by atoms with Gasteiger partial charge in [-0.25, -0.2) is 4.39 Å². The van der Waals surface area contributed by atoms with Crippen LogP contribution in [0.1, 0.15) is 25.0 Å². The SMILES string of the molecule is CCN(CC)C(=O)CN(C)Cc1cc(F)cc2c1OCOC2. The number of amides is 1. The molecule has 0 N–H and O–H groups in total. The molecule has 122 valence electrons. The van der Waals surface area contributed by atoms with Gasteiger partial charge in [0.05, 0.1) is 13.2 Å². The van der Waals surface area contributed by atoms with Crippen LogP contribution < -0.4 is 4.74 Å². The summed E-state index contributed by atoms with van der Waals surface area (Å²) in [4.78, 5) is 15.8. The predicted molar refractivity (Wildman–Crippen MR) is 80.9 cm³/mol. The number of likely N-dealkylation sites (N-methyl/N-ethyl adjacent to an activating group) is 2. The molecule has 1 aliphatic rings. The smallest absolute Gasteiger partial charge is 0.236 e. The summed E-state index contributed by atoms with van der Waals surface area (Å²) < 4.78 is 24.4. The van der Waals surface area contributed by atoms with Gasteiger partial charge in [0.25, 0.3) is 0 Å². The molecule has 0 unspecified atom stereocenters. The monoisotopic (exact) mass is 310 g/mol. The van der Waals surface area contributed by atoms with Gasteiger partial charge in [-0.15, -0.1) is 0 Å². The van der Waals surface area contributed by atoms with Crippen LogP contribution in [0.15, 0.2) is 12.1 Å². The standard InChI is InChI=1S/C16H23FN2O3/c1-4-19(5-2)15(20)9-18(3)8-12-6-14(17)7-13-10-21-11-22-16(12)13/h6-7H,4-5,8-11H2,1-3H3. The molecule has 2 rings (SSSR count). The van der Waals surface area contributed by atoms with Crippen molar-refractivity contribution in [2.24, 2.45) is 0 Å². The Morgan fingerprint density at radius 3 is 2.73 bits per heavy atom. The summed E-state index contributed by atoms with van der Waals surface area (Å²) in [7, 11) is 1.85. The van der Waals surface area contributed by atoms with E-state index >= 15 is 0 Å². The number of hydrogen-bond acceptors (Lipinski definition) is 4. The van der Waals surface area contributed by atoms with Gasteiger partial charge in [0, 0.05) is 30.8 Å². The zero-order valence-corrected chi connectivity index (χ0v) is 13.4. The summed E-state index contributed by atoms with van der Waals surface area (Å²) in [5.74, 6) is 0.433. The molecule has 0 radical (unpaired) electrons. The van der Waals surface area contributed by atoms with Gasteiger partial charge >= 0.3 is 0 Å². The molecule has 22 heavy (non-hydrogen) atoms. The third kappa shape index (κ3) is 3.96. The van der Waals surface area contributed by atoms with E-state index in [1.54, 1.807) is 4.90 Å². The molecule has 1 aromatic rings. The summed E-state index contributed by atoms with van der Waals surface area (Å²) in [5, 5.41) is 0. The van der Waals surface area contributed by atoms with Crippen LogP contribution in [-0.2, 0) is 22.7 Å². The lowest BCUT2D eigenvalue weighted by Gasteiger charge is -2.25. The van der Waals surface area contributed by atoms with Crippen LogP contribution in [0, 0.1) is 5.82 Å². The molecule has 0 atom stereocenters. The fraction of sp³-hybridized carbons (Fsp3) is 0.562. The van der Waals surface area contributed by atoms with Crippen LogP contribution in [0.4, 0.5) is 4.39 Å². The van der Waals surface area contributed by atoms with Crippen LogP contribution in [0.3, 0.4) is 0 Å². The van der Waals surface area contributed by atoms with E-state index < -0.39 is 0 Å². The van der Waals surface area contributed by atoms with Crippen LogP contribution in [0.2, 0.25) is 0 Å². The molecular formula is C16H23FN2O3. The van der Waals surface area contributed by atoms with Crippen molar-refractivity contribution < 1.29 is 18.7 Å². The lowest BCUT2D eigenvalue weighted by atomic mass is 10.1. The van der Waals surface area contributed by atoms with E-state index in [1.165, 1.54) is 12.1 Å². The lowest BCUT2D eigenvalue weighted by Crippen LogP contribution is -2.38. The van der Waals surface area contributed by atoms with Gasteiger partial charge in [0.15, 0.2) is 6.79 Å². The minimum Gasteiger partial charge on any atom is -0.467 e. The molecule has 0 saturated carbocycles. The minimum atomic E-state index is -0.314. The summed E-state index contributed by atoms with van der Waals surface area (Å²) in [5.41, 5.74) is 1.46. The topological polar surface area (TPSA) is 42.0 Å². The highest BCUT2D eigenvalue weighted by molar-refractivity contribution is 5.78. The van der Waals surface area contributed by atoms with E-state index in [-0.39, 0.29) is 18.5 Å². The molecule has 1 aliphatic heterocycles. The quantitative estimate of drug-likeness (QED) is 0.806. The maximum absolute atomic E-state index is 13.7. The van der Waals surface area contributed by atoms with Crippen LogP contribution in [-0.4, -0.2) is 49.2 Å². The number of ether oxygens (including phenoxy) is 2. The first-order valence-electron chi connectivity index (χ1n) is 7.53. The molecule has 1 heterocycles. The van der Waals surface area contributed by atoms with Gasteiger partial charge in [-0.05, 0) is 33.0 Å². The third-order valence-corrected chi connectivity index (χ3v) is 3.71. The van der Waals surface area contributed by atoms with Gasteiger partial charge in [0.2, 0.25) is 5.91 Å². The average molecular weight is 310 g/mol. The Balaban J connectivity index is 2.07. The largest absolute Gasteiger partial charge is 0.467 e. The molecule has 6 heteroatoms. The fourth-order valence-corrected chi connectivity index (χ4v) is 2.63. The highest BCUT2D eigenvalue weighted by atomic mass is 19.1. The van der Waals surface area contributed by atoms with Crippen molar-refractivity contribution in [1.29, 1.82) is 0 Å². The van der Waals surface area contributed by atoms with E-state index in [1.807, 2.05) is 25.8 Å². The van der Waals surface area contributed by atoms with Gasteiger partial charge in [-0.1, -0.05) is 0 Å². The Labute approximate surface area is 130 Å². The second-order valence-electron chi connectivity index (χ2n) is 5.40. The predicted octanol–water partition coefficient (Wildman–Crippen LogP) is 1.99. The molecule has 1 amide bonds. The molecule has 0 spiro atoms. The van der Waals surface area contributed by atoms with E-state index in [2.05, 4.69) is 0 Å². The molecule has 0 aliphatic carbocycles. The highest BCUT2D eigenvalue weighted by Gasteiger charge is 2.19. The van der Waals surface area contributed by atoms with Crippen molar-refractivity contribution in [3.8, 4) is 5.75 Å². The van der Waals surface area contributed by atoms with Gasteiger partial charge < -0.3 is 14.4 Å². The number of fused-ring (bicyclic) bond motifs is 1. The molecule has 5 nitrogen and oxygen atoms in total. The van der Waals surface area contributed by atoms with Crippen molar-refractivity contribution >= 4 is 5.91 Å². The molecule has 0 fully saturated rings. The Morgan fingerprint density at radius 1 is 1.32 bits per heavy atom. The Morgan fingerprint density at radius 2 is 2.05 bits per heavy atom.